The van der Waals surface area contributed by atoms with Crippen molar-refractivity contribution in [3.63, 3.8) is 0 Å². The fraction of sp³-hybridized carbons (Fsp3) is 0.158. The van der Waals surface area contributed by atoms with Gasteiger partial charge in [-0.1, -0.05) is 0 Å². The van der Waals surface area contributed by atoms with Gasteiger partial charge in [0, 0.05) is 17.1 Å². The first-order chi connectivity index (χ1) is 13.2. The van der Waals surface area contributed by atoms with Crippen molar-refractivity contribution in [2.24, 2.45) is 0 Å². The molecule has 2 heterocycles. The van der Waals surface area contributed by atoms with Crippen molar-refractivity contribution >= 4 is 16.8 Å². The lowest BCUT2D eigenvalue weighted by Gasteiger charge is -2.19. The molecule has 3 aromatic rings. The van der Waals surface area contributed by atoms with Gasteiger partial charge in [0.05, 0.1) is 28.9 Å². The van der Waals surface area contributed by atoms with Gasteiger partial charge in [0.2, 0.25) is 0 Å². The summed E-state index contributed by atoms with van der Waals surface area (Å²) in [5, 5.41) is 11.0. The average Bonchev–Trinajstić information content (AvgIpc) is 2.67. The van der Waals surface area contributed by atoms with E-state index in [9.17, 15) is 22.8 Å². The largest absolute Gasteiger partial charge is 0.355 e. The molecule has 1 unspecified atom stereocenters. The maximum atomic E-state index is 14.7. The van der Waals surface area contributed by atoms with Gasteiger partial charge < -0.3 is 10.3 Å². The van der Waals surface area contributed by atoms with Gasteiger partial charge in [0.15, 0.2) is 0 Å². The summed E-state index contributed by atoms with van der Waals surface area (Å²) in [6.45, 7) is 1.41. The molecule has 9 heteroatoms. The Kier molecular flexibility index (Phi) is 4.88. The number of carbonyl (C=O) groups excluding carboxylic acids is 1. The zero-order valence-corrected chi connectivity index (χ0v) is 14.5. The van der Waals surface area contributed by atoms with Gasteiger partial charge in [-0.15, -0.1) is 0 Å². The third-order valence-corrected chi connectivity index (χ3v) is 4.13. The van der Waals surface area contributed by atoms with Crippen LogP contribution in [-0.2, 0) is 10.7 Å². The number of amides is 1. The number of carbonyl (C=O) groups is 1. The second-order valence-electron chi connectivity index (χ2n) is 6.09. The number of nitrogens with one attached hydrogen (secondary N) is 2. The highest BCUT2D eigenvalue weighted by Crippen LogP contribution is 2.28. The van der Waals surface area contributed by atoms with Crippen molar-refractivity contribution < 1.29 is 18.0 Å². The number of rotatable bonds is 4. The van der Waals surface area contributed by atoms with Crippen LogP contribution >= 0.6 is 0 Å². The smallest absolute Gasteiger partial charge is 0.342 e. The van der Waals surface area contributed by atoms with Crippen molar-refractivity contribution in [2.45, 2.75) is 18.9 Å². The van der Waals surface area contributed by atoms with Gasteiger partial charge in [-0.05, 0) is 43.3 Å². The quantitative estimate of drug-likeness (QED) is 0.720. The molecule has 0 bridgehead atoms. The number of hydrogen-bond acceptors (Lipinski definition) is 4. The molecule has 0 aliphatic heterocycles. The van der Waals surface area contributed by atoms with E-state index >= 15 is 0 Å². The van der Waals surface area contributed by atoms with E-state index in [1.807, 2.05) is 6.07 Å². The molecule has 1 amide bonds. The first-order valence-corrected chi connectivity index (χ1v) is 8.10. The van der Waals surface area contributed by atoms with E-state index in [0.29, 0.717) is 0 Å². The molecule has 142 valence electrons. The number of benzene rings is 1. The van der Waals surface area contributed by atoms with Crippen LogP contribution in [0, 0.1) is 17.1 Å². The Balaban J connectivity index is 1.92. The number of halogens is 3. The minimum absolute atomic E-state index is 0.0264. The summed E-state index contributed by atoms with van der Waals surface area (Å²) in [7, 11) is 0. The fourth-order valence-electron chi connectivity index (χ4n) is 2.65. The van der Waals surface area contributed by atoms with Crippen LogP contribution in [0.25, 0.3) is 10.9 Å². The Morgan fingerprint density at radius 1 is 1.29 bits per heavy atom. The molecule has 3 rings (SSSR count). The fourth-order valence-corrected chi connectivity index (χ4v) is 2.65. The SMILES string of the molecule is CC(NC(=O)C(F)(F)c1cc2cc(F)ccc2[nH]c1=O)c1cc(C#N)ccn1. The molecule has 1 aromatic carbocycles. The van der Waals surface area contributed by atoms with Crippen LogP contribution in [0.15, 0.2) is 47.4 Å². The van der Waals surface area contributed by atoms with Gasteiger partial charge in [0.25, 0.3) is 11.5 Å². The Labute approximate surface area is 156 Å². The molecule has 28 heavy (non-hydrogen) atoms. The van der Waals surface area contributed by atoms with E-state index in [2.05, 4.69) is 15.3 Å². The van der Waals surface area contributed by atoms with E-state index in [0.717, 1.165) is 18.2 Å². The number of H-pyrrole nitrogens is 1. The molecule has 6 nitrogen and oxygen atoms in total. The Morgan fingerprint density at radius 3 is 2.75 bits per heavy atom. The molecule has 0 aliphatic carbocycles. The summed E-state index contributed by atoms with van der Waals surface area (Å²) in [5.41, 5.74) is -1.63. The molecule has 2 N–H and O–H groups in total. The minimum Gasteiger partial charge on any atom is -0.342 e. The highest BCUT2D eigenvalue weighted by atomic mass is 19.3. The van der Waals surface area contributed by atoms with Crippen LogP contribution in [0.4, 0.5) is 13.2 Å². The molecule has 2 aromatic heterocycles. The maximum absolute atomic E-state index is 14.7. The third-order valence-electron chi connectivity index (χ3n) is 4.13. The number of alkyl halides is 2. The Hall–Kier alpha value is -3.67. The van der Waals surface area contributed by atoms with E-state index in [1.165, 1.54) is 31.3 Å². The number of aromatic amines is 1. The van der Waals surface area contributed by atoms with E-state index < -0.39 is 34.8 Å². The van der Waals surface area contributed by atoms with Crippen LogP contribution in [0.2, 0.25) is 0 Å². The molecule has 0 fully saturated rings. The van der Waals surface area contributed by atoms with Gasteiger partial charge >= 0.3 is 5.92 Å². The van der Waals surface area contributed by atoms with Crippen LogP contribution < -0.4 is 10.9 Å². The predicted molar refractivity (Wildman–Crippen MR) is 93.9 cm³/mol. The molecular formula is C19H13F3N4O2. The van der Waals surface area contributed by atoms with Crippen molar-refractivity contribution in [3.8, 4) is 6.07 Å². The molecule has 0 saturated carbocycles. The van der Waals surface area contributed by atoms with E-state index in [1.54, 1.807) is 0 Å². The van der Waals surface area contributed by atoms with Crippen LogP contribution in [0.1, 0.15) is 29.8 Å². The van der Waals surface area contributed by atoms with Crippen LogP contribution in [0.3, 0.4) is 0 Å². The second-order valence-corrected chi connectivity index (χ2v) is 6.09. The molecular weight excluding hydrogens is 373 g/mol. The number of nitrogens with zero attached hydrogens (tertiary/aromatic N) is 2. The topological polar surface area (TPSA) is 98.6 Å². The van der Waals surface area contributed by atoms with Crippen LogP contribution in [0.5, 0.6) is 0 Å². The van der Waals surface area contributed by atoms with Crippen molar-refractivity contribution in [1.29, 1.82) is 5.26 Å². The van der Waals surface area contributed by atoms with Gasteiger partial charge in [-0.3, -0.25) is 14.6 Å². The standard InChI is InChI=1S/C19H13F3N4O2/c1-10(16-6-11(9-23)4-5-24-16)25-18(28)19(21,22)14-8-12-7-13(20)2-3-15(12)26-17(14)27/h2-8,10H,1H3,(H,25,28)(H,26,27). The Bertz CT molecular complexity index is 1170. The average molecular weight is 386 g/mol. The van der Waals surface area contributed by atoms with Gasteiger partial charge in [0.1, 0.15) is 5.82 Å². The summed E-state index contributed by atoms with van der Waals surface area (Å²) in [6.07, 6.45) is 1.32. The minimum atomic E-state index is -4.17. The van der Waals surface area contributed by atoms with E-state index in [4.69, 9.17) is 5.26 Å². The molecule has 0 radical (unpaired) electrons. The zero-order valence-electron chi connectivity index (χ0n) is 14.5. The molecule has 0 aliphatic rings. The predicted octanol–water partition coefficient (Wildman–Crippen LogP) is 2.90. The zero-order chi connectivity index (χ0) is 20.5. The highest BCUT2D eigenvalue weighted by Gasteiger charge is 2.44. The summed E-state index contributed by atoms with van der Waals surface area (Å²) >= 11 is 0. The van der Waals surface area contributed by atoms with Crippen LogP contribution in [-0.4, -0.2) is 15.9 Å². The van der Waals surface area contributed by atoms with E-state index in [-0.39, 0.29) is 22.2 Å². The lowest BCUT2D eigenvalue weighted by atomic mass is 10.1. The normalized spacial score (nSPS) is 12.4. The molecule has 0 spiro atoms. The lowest BCUT2D eigenvalue weighted by molar-refractivity contribution is -0.147. The summed E-state index contributed by atoms with van der Waals surface area (Å²) in [4.78, 5) is 30.4. The van der Waals surface area contributed by atoms with Gasteiger partial charge in [-0.2, -0.15) is 14.0 Å². The Morgan fingerprint density at radius 2 is 2.04 bits per heavy atom. The number of hydrogen-bond donors (Lipinski definition) is 2. The third kappa shape index (κ3) is 3.57. The monoisotopic (exact) mass is 386 g/mol. The van der Waals surface area contributed by atoms with Gasteiger partial charge in [-0.25, -0.2) is 4.39 Å². The molecule has 0 saturated heterocycles. The van der Waals surface area contributed by atoms with Crippen molar-refractivity contribution in [2.75, 3.05) is 0 Å². The second kappa shape index (κ2) is 7.15. The summed E-state index contributed by atoms with van der Waals surface area (Å²) in [6, 6.07) is 7.81. The first-order valence-electron chi connectivity index (χ1n) is 8.10. The summed E-state index contributed by atoms with van der Waals surface area (Å²) < 4.78 is 42.7. The number of fused-ring (bicyclic) bond motifs is 1. The van der Waals surface area contributed by atoms with Crippen molar-refractivity contribution in [3.05, 3.63) is 75.6 Å². The number of aromatic nitrogens is 2. The van der Waals surface area contributed by atoms with Crippen molar-refractivity contribution in [1.82, 2.24) is 15.3 Å². The summed E-state index contributed by atoms with van der Waals surface area (Å²) in [5.74, 6) is -6.56. The maximum Gasteiger partial charge on any atom is 0.355 e. The first kappa shape index (κ1) is 19.1. The number of pyridine rings is 2. The highest BCUT2D eigenvalue weighted by molar-refractivity contribution is 5.87. The molecule has 1 atom stereocenters. The number of nitriles is 1. The lowest BCUT2D eigenvalue weighted by Crippen LogP contribution is -2.42.